The first-order chi connectivity index (χ1) is 16.9. The lowest BCUT2D eigenvalue weighted by Crippen LogP contribution is -2.30. The lowest BCUT2D eigenvalue weighted by atomic mass is 9.94. The summed E-state index contributed by atoms with van der Waals surface area (Å²) in [6.07, 6.45) is 5.23. The minimum atomic E-state index is -0.969. The molecule has 1 aliphatic rings. The molecule has 0 aliphatic carbocycles. The summed E-state index contributed by atoms with van der Waals surface area (Å²) in [4.78, 5) is 0. The van der Waals surface area contributed by atoms with Crippen molar-refractivity contribution in [2.75, 3.05) is 13.2 Å². The van der Waals surface area contributed by atoms with Crippen LogP contribution in [0.4, 0.5) is 17.6 Å². The monoisotopic (exact) mass is 484 g/mol. The van der Waals surface area contributed by atoms with E-state index in [-0.39, 0.29) is 29.9 Å². The zero-order chi connectivity index (χ0) is 24.9. The van der Waals surface area contributed by atoms with Gasteiger partial charge in [0, 0.05) is 17.0 Å². The van der Waals surface area contributed by atoms with Crippen molar-refractivity contribution in [1.82, 2.24) is 0 Å². The van der Waals surface area contributed by atoms with E-state index in [1.165, 1.54) is 6.07 Å². The largest absolute Gasteiger partial charge is 0.348 e. The molecule has 0 atom stereocenters. The molecular formula is C29H28F4O2. The van der Waals surface area contributed by atoms with Crippen LogP contribution in [-0.4, -0.2) is 19.5 Å². The van der Waals surface area contributed by atoms with Gasteiger partial charge in [0.05, 0.1) is 13.2 Å². The Morgan fingerprint density at radius 1 is 0.771 bits per heavy atom. The first kappa shape index (κ1) is 25.1. The molecule has 0 aromatic heterocycles. The molecule has 0 N–H and O–H groups in total. The van der Waals surface area contributed by atoms with Gasteiger partial charge in [0.1, 0.15) is 0 Å². The SMILES string of the molecule is C/C=C/C1OCC(c2ccc(-c3ccc(-c4ccc(CCCC)c(F)c4F)cc3)c(F)c2F)CO1. The lowest BCUT2D eigenvalue weighted by Gasteiger charge is -2.28. The summed E-state index contributed by atoms with van der Waals surface area (Å²) in [5, 5.41) is 0. The summed E-state index contributed by atoms with van der Waals surface area (Å²) in [5.74, 6) is -4.06. The minimum Gasteiger partial charge on any atom is -0.348 e. The number of ether oxygens (including phenoxy) is 2. The van der Waals surface area contributed by atoms with Gasteiger partial charge in [-0.15, -0.1) is 0 Å². The van der Waals surface area contributed by atoms with Gasteiger partial charge in [-0.1, -0.05) is 68.0 Å². The van der Waals surface area contributed by atoms with Gasteiger partial charge in [-0.3, -0.25) is 0 Å². The Labute approximate surface area is 203 Å². The van der Waals surface area contributed by atoms with Crippen LogP contribution in [0.15, 0.2) is 60.7 Å². The summed E-state index contributed by atoms with van der Waals surface area (Å²) in [6.45, 7) is 4.28. The van der Waals surface area contributed by atoms with Crippen molar-refractivity contribution in [2.45, 2.75) is 45.3 Å². The highest BCUT2D eigenvalue weighted by atomic mass is 19.2. The van der Waals surface area contributed by atoms with Gasteiger partial charge >= 0.3 is 0 Å². The predicted molar refractivity (Wildman–Crippen MR) is 129 cm³/mol. The average Bonchev–Trinajstić information content (AvgIpc) is 2.88. The Bertz CT molecular complexity index is 1200. The van der Waals surface area contributed by atoms with Crippen LogP contribution in [0.1, 0.15) is 43.7 Å². The molecule has 3 aromatic rings. The van der Waals surface area contributed by atoms with Crippen molar-refractivity contribution in [3.63, 3.8) is 0 Å². The van der Waals surface area contributed by atoms with Gasteiger partial charge in [0.25, 0.3) is 0 Å². The number of benzene rings is 3. The Morgan fingerprint density at radius 3 is 1.91 bits per heavy atom. The Morgan fingerprint density at radius 2 is 1.34 bits per heavy atom. The van der Waals surface area contributed by atoms with Crippen molar-refractivity contribution in [2.24, 2.45) is 0 Å². The fourth-order valence-corrected chi connectivity index (χ4v) is 4.27. The predicted octanol–water partition coefficient (Wildman–Crippen LogP) is 7.95. The maximum absolute atomic E-state index is 15.0. The number of hydrogen-bond donors (Lipinski definition) is 0. The highest BCUT2D eigenvalue weighted by Crippen LogP contribution is 2.34. The third-order valence-corrected chi connectivity index (χ3v) is 6.29. The molecule has 3 aromatic carbocycles. The molecule has 2 nitrogen and oxygen atoms in total. The van der Waals surface area contributed by atoms with Gasteiger partial charge in [-0.05, 0) is 48.1 Å². The van der Waals surface area contributed by atoms with Gasteiger partial charge in [-0.2, -0.15) is 0 Å². The van der Waals surface area contributed by atoms with E-state index in [9.17, 15) is 13.2 Å². The molecule has 4 rings (SSSR count). The zero-order valence-electron chi connectivity index (χ0n) is 19.8. The van der Waals surface area contributed by atoms with Crippen molar-refractivity contribution < 1.29 is 27.0 Å². The second kappa shape index (κ2) is 11.2. The maximum atomic E-state index is 15.0. The minimum absolute atomic E-state index is 0.0869. The molecule has 1 fully saturated rings. The van der Waals surface area contributed by atoms with Crippen LogP contribution in [-0.2, 0) is 15.9 Å². The van der Waals surface area contributed by atoms with Crippen LogP contribution in [0.3, 0.4) is 0 Å². The number of aryl methyl sites for hydroxylation is 1. The van der Waals surface area contributed by atoms with Crippen LogP contribution in [0.25, 0.3) is 22.3 Å². The van der Waals surface area contributed by atoms with Gasteiger partial charge < -0.3 is 9.47 Å². The van der Waals surface area contributed by atoms with Crippen LogP contribution < -0.4 is 0 Å². The van der Waals surface area contributed by atoms with E-state index < -0.39 is 35.5 Å². The molecule has 1 aliphatic heterocycles. The Balaban J connectivity index is 1.55. The van der Waals surface area contributed by atoms with E-state index in [1.54, 1.807) is 54.6 Å². The van der Waals surface area contributed by atoms with Crippen LogP contribution >= 0.6 is 0 Å². The fourth-order valence-electron chi connectivity index (χ4n) is 4.27. The quantitative estimate of drug-likeness (QED) is 0.250. The summed E-state index contributed by atoms with van der Waals surface area (Å²) < 4.78 is 70.2. The fraction of sp³-hybridized carbons (Fsp3) is 0.310. The number of halogens is 4. The molecule has 0 saturated carbocycles. The number of hydrogen-bond acceptors (Lipinski definition) is 2. The summed E-state index contributed by atoms with van der Waals surface area (Å²) >= 11 is 0. The Kier molecular flexibility index (Phi) is 8.04. The average molecular weight is 485 g/mol. The number of unbranched alkanes of at least 4 members (excludes halogenated alkanes) is 1. The molecule has 35 heavy (non-hydrogen) atoms. The van der Waals surface area contributed by atoms with Crippen LogP contribution in [0, 0.1) is 23.3 Å². The van der Waals surface area contributed by atoms with Crippen molar-refractivity contribution in [3.05, 3.63) is 95.1 Å². The summed E-state index contributed by atoms with van der Waals surface area (Å²) in [6, 6.07) is 12.5. The number of allylic oxidation sites excluding steroid dienone is 1. The third kappa shape index (κ3) is 5.34. The van der Waals surface area contributed by atoms with Crippen LogP contribution in [0.5, 0.6) is 0 Å². The maximum Gasteiger partial charge on any atom is 0.176 e. The molecule has 0 amide bonds. The van der Waals surface area contributed by atoms with Gasteiger partial charge in [0.15, 0.2) is 29.6 Å². The first-order valence-electron chi connectivity index (χ1n) is 11.9. The summed E-state index contributed by atoms with van der Waals surface area (Å²) in [7, 11) is 0. The standard InChI is InChI=1S/C29H28F4O2/c1-3-5-7-20-12-13-22(27(31)26(20)30)18-8-10-19(11-9-18)23-14-15-24(29(33)28(23)32)21-16-34-25(6-4-2)35-17-21/h4,6,8-15,21,25H,3,5,7,16-17H2,1-2H3/b6-4+. The smallest absolute Gasteiger partial charge is 0.176 e. The first-order valence-corrected chi connectivity index (χ1v) is 11.9. The Hall–Kier alpha value is -2.96. The molecule has 0 spiro atoms. The van der Waals surface area contributed by atoms with Crippen LogP contribution in [0.2, 0.25) is 0 Å². The molecular weight excluding hydrogens is 456 g/mol. The van der Waals surface area contributed by atoms with Crippen molar-refractivity contribution in [1.29, 1.82) is 0 Å². The number of rotatable bonds is 7. The molecule has 6 heteroatoms. The van der Waals surface area contributed by atoms with E-state index in [0.717, 1.165) is 12.8 Å². The van der Waals surface area contributed by atoms with E-state index in [1.807, 2.05) is 13.8 Å². The van der Waals surface area contributed by atoms with E-state index in [0.29, 0.717) is 23.1 Å². The lowest BCUT2D eigenvalue weighted by molar-refractivity contribution is -0.159. The molecule has 0 unspecified atom stereocenters. The highest BCUT2D eigenvalue weighted by Gasteiger charge is 2.26. The molecule has 1 heterocycles. The molecule has 184 valence electrons. The molecule has 0 bridgehead atoms. The van der Waals surface area contributed by atoms with Gasteiger partial charge in [-0.25, -0.2) is 17.6 Å². The topological polar surface area (TPSA) is 18.5 Å². The normalized spacial score (nSPS) is 18.3. The van der Waals surface area contributed by atoms with Crippen molar-refractivity contribution in [3.8, 4) is 22.3 Å². The highest BCUT2D eigenvalue weighted by molar-refractivity contribution is 5.71. The second-order valence-corrected chi connectivity index (χ2v) is 8.67. The van der Waals surface area contributed by atoms with Crippen molar-refractivity contribution >= 4 is 0 Å². The summed E-state index contributed by atoms with van der Waals surface area (Å²) in [5.41, 5.74) is 1.66. The second-order valence-electron chi connectivity index (χ2n) is 8.67. The zero-order valence-corrected chi connectivity index (χ0v) is 19.8. The van der Waals surface area contributed by atoms with E-state index in [4.69, 9.17) is 9.47 Å². The van der Waals surface area contributed by atoms with Gasteiger partial charge in [0.2, 0.25) is 0 Å². The third-order valence-electron chi connectivity index (χ3n) is 6.29. The molecule has 1 saturated heterocycles. The van der Waals surface area contributed by atoms with E-state index >= 15 is 4.39 Å². The van der Waals surface area contributed by atoms with E-state index in [2.05, 4.69) is 0 Å². The molecule has 0 radical (unpaired) electrons.